The zero-order valence-electron chi connectivity index (χ0n) is 14.5. The van der Waals surface area contributed by atoms with Gasteiger partial charge >= 0.3 is 0 Å². The fourth-order valence-corrected chi connectivity index (χ4v) is 2.89. The monoisotopic (exact) mass is 340 g/mol. The highest BCUT2D eigenvalue weighted by atomic mass is 19.1. The van der Waals surface area contributed by atoms with Gasteiger partial charge in [0.05, 0.1) is 6.04 Å². The first-order chi connectivity index (χ1) is 11.9. The van der Waals surface area contributed by atoms with Crippen molar-refractivity contribution in [3.63, 3.8) is 0 Å². The highest BCUT2D eigenvalue weighted by Gasteiger charge is 2.16. The van der Waals surface area contributed by atoms with Crippen LogP contribution in [0.2, 0.25) is 0 Å². The van der Waals surface area contributed by atoms with Gasteiger partial charge in [-0.25, -0.2) is 4.39 Å². The van der Waals surface area contributed by atoms with Gasteiger partial charge in [0.1, 0.15) is 17.2 Å². The van der Waals surface area contributed by atoms with E-state index in [9.17, 15) is 9.18 Å². The molecule has 4 nitrogen and oxygen atoms in total. The van der Waals surface area contributed by atoms with E-state index >= 15 is 0 Å². The molecule has 1 heterocycles. The number of likely N-dealkylation sites (N-methyl/N-ethyl adjacent to an activating group) is 1. The minimum absolute atomic E-state index is 0.0375. The summed E-state index contributed by atoms with van der Waals surface area (Å²) >= 11 is 0. The van der Waals surface area contributed by atoms with Crippen molar-refractivity contribution in [3.8, 4) is 0 Å². The van der Waals surface area contributed by atoms with Crippen LogP contribution >= 0.6 is 0 Å². The van der Waals surface area contributed by atoms with E-state index in [1.807, 2.05) is 38.1 Å². The Hall–Kier alpha value is -2.66. The average Bonchev–Trinajstić information content (AvgIpc) is 2.95. The maximum absolute atomic E-state index is 13.1. The lowest BCUT2D eigenvalue weighted by Crippen LogP contribution is -2.34. The molecule has 0 bridgehead atoms. The van der Waals surface area contributed by atoms with Crippen LogP contribution in [0, 0.1) is 12.7 Å². The van der Waals surface area contributed by atoms with E-state index in [-0.39, 0.29) is 17.8 Å². The largest absolute Gasteiger partial charge is 0.461 e. The maximum atomic E-state index is 13.1. The molecule has 5 heteroatoms. The van der Waals surface area contributed by atoms with Gasteiger partial charge in [-0.2, -0.15) is 0 Å². The zero-order chi connectivity index (χ0) is 18.0. The minimum Gasteiger partial charge on any atom is -0.461 e. The van der Waals surface area contributed by atoms with Crippen LogP contribution in [-0.4, -0.2) is 31.4 Å². The standard InChI is InChI=1S/C20H21FN2O2/c1-13-10-16-11-15(6-9-19(16)25-13)20(24)22-12-18(23(2)3)14-4-7-17(21)8-5-14/h4-11,18H,12H2,1-3H3,(H,22,24)/t18-/m0/s1. The van der Waals surface area contributed by atoms with Gasteiger partial charge < -0.3 is 14.6 Å². The highest BCUT2D eigenvalue weighted by molar-refractivity contribution is 5.97. The van der Waals surface area contributed by atoms with Gasteiger partial charge in [-0.1, -0.05) is 12.1 Å². The lowest BCUT2D eigenvalue weighted by Gasteiger charge is -2.25. The van der Waals surface area contributed by atoms with E-state index in [4.69, 9.17) is 4.42 Å². The third kappa shape index (κ3) is 3.88. The molecule has 1 aromatic heterocycles. The smallest absolute Gasteiger partial charge is 0.251 e. The first-order valence-corrected chi connectivity index (χ1v) is 8.14. The molecule has 0 aliphatic rings. The van der Waals surface area contributed by atoms with E-state index in [1.54, 1.807) is 24.3 Å². The minimum atomic E-state index is -0.269. The summed E-state index contributed by atoms with van der Waals surface area (Å²) in [6.45, 7) is 2.31. The average molecular weight is 340 g/mol. The number of carbonyl (C=O) groups excluding carboxylic acids is 1. The molecule has 0 fully saturated rings. The van der Waals surface area contributed by atoms with Crippen LogP contribution in [0.25, 0.3) is 11.0 Å². The molecule has 25 heavy (non-hydrogen) atoms. The fourth-order valence-electron chi connectivity index (χ4n) is 2.89. The summed E-state index contributed by atoms with van der Waals surface area (Å²) in [5, 5.41) is 3.87. The third-order valence-electron chi connectivity index (χ3n) is 4.24. The van der Waals surface area contributed by atoms with Crippen LogP contribution in [0.4, 0.5) is 4.39 Å². The van der Waals surface area contributed by atoms with Crippen molar-refractivity contribution in [1.82, 2.24) is 10.2 Å². The number of nitrogens with zero attached hydrogens (tertiary/aromatic N) is 1. The van der Waals surface area contributed by atoms with Crippen molar-refractivity contribution in [3.05, 3.63) is 71.2 Å². The Morgan fingerprint density at radius 1 is 1.16 bits per heavy atom. The first kappa shape index (κ1) is 17.2. The van der Waals surface area contributed by atoms with Crippen LogP contribution in [0.5, 0.6) is 0 Å². The number of hydrogen-bond acceptors (Lipinski definition) is 3. The summed E-state index contributed by atoms with van der Waals surface area (Å²) in [6.07, 6.45) is 0. The normalized spacial score (nSPS) is 12.5. The summed E-state index contributed by atoms with van der Waals surface area (Å²) in [5.74, 6) is 0.403. The van der Waals surface area contributed by atoms with Gasteiger partial charge in [-0.15, -0.1) is 0 Å². The number of carbonyl (C=O) groups is 1. The van der Waals surface area contributed by atoms with Crippen molar-refractivity contribution in [2.24, 2.45) is 0 Å². The molecule has 0 unspecified atom stereocenters. The molecule has 130 valence electrons. The summed E-state index contributed by atoms with van der Waals surface area (Å²) in [5.41, 5.74) is 2.31. The van der Waals surface area contributed by atoms with Crippen molar-refractivity contribution in [1.29, 1.82) is 0 Å². The topological polar surface area (TPSA) is 45.5 Å². The molecule has 0 saturated carbocycles. The molecule has 0 spiro atoms. The fraction of sp³-hybridized carbons (Fsp3) is 0.250. The number of halogens is 1. The Morgan fingerprint density at radius 3 is 2.56 bits per heavy atom. The number of aryl methyl sites for hydroxylation is 1. The van der Waals surface area contributed by atoms with Crippen molar-refractivity contribution in [2.45, 2.75) is 13.0 Å². The van der Waals surface area contributed by atoms with Gasteiger partial charge in [-0.05, 0) is 63.0 Å². The Labute approximate surface area is 146 Å². The predicted octanol–water partition coefficient (Wildman–Crippen LogP) is 3.91. The second kappa shape index (κ2) is 7.07. The van der Waals surface area contributed by atoms with Gasteiger partial charge in [0.2, 0.25) is 0 Å². The van der Waals surface area contributed by atoms with Gasteiger partial charge in [0, 0.05) is 17.5 Å². The molecule has 0 radical (unpaired) electrons. The van der Waals surface area contributed by atoms with Crippen molar-refractivity contribution >= 4 is 16.9 Å². The van der Waals surface area contributed by atoms with Crippen molar-refractivity contribution in [2.75, 3.05) is 20.6 Å². The van der Waals surface area contributed by atoms with E-state index < -0.39 is 0 Å². The third-order valence-corrected chi connectivity index (χ3v) is 4.24. The zero-order valence-corrected chi connectivity index (χ0v) is 14.5. The number of benzene rings is 2. The Bertz CT molecular complexity index is 884. The molecule has 0 aliphatic carbocycles. The molecule has 1 amide bonds. The maximum Gasteiger partial charge on any atom is 0.251 e. The van der Waals surface area contributed by atoms with E-state index in [0.717, 1.165) is 22.3 Å². The van der Waals surface area contributed by atoms with E-state index in [0.29, 0.717) is 12.1 Å². The Kier molecular flexibility index (Phi) is 4.86. The summed E-state index contributed by atoms with van der Waals surface area (Å²) in [7, 11) is 3.86. The molecule has 1 atom stereocenters. The van der Waals surface area contributed by atoms with Gasteiger partial charge in [0.25, 0.3) is 5.91 Å². The number of nitrogens with one attached hydrogen (secondary N) is 1. The van der Waals surface area contributed by atoms with Crippen LogP contribution in [0.15, 0.2) is 52.9 Å². The lowest BCUT2D eigenvalue weighted by atomic mass is 10.1. The van der Waals surface area contributed by atoms with Crippen LogP contribution in [0.1, 0.15) is 27.7 Å². The van der Waals surface area contributed by atoms with Gasteiger partial charge in [-0.3, -0.25) is 4.79 Å². The molecular formula is C20H21FN2O2. The quantitative estimate of drug-likeness (QED) is 0.766. The molecule has 0 aliphatic heterocycles. The molecule has 1 N–H and O–H groups in total. The van der Waals surface area contributed by atoms with Gasteiger partial charge in [0.15, 0.2) is 0 Å². The number of furan rings is 1. The Morgan fingerprint density at radius 2 is 1.88 bits per heavy atom. The second-order valence-corrected chi connectivity index (χ2v) is 6.35. The number of rotatable bonds is 5. The SMILES string of the molecule is Cc1cc2cc(C(=O)NC[C@@H](c3ccc(F)cc3)N(C)C)ccc2o1. The summed E-state index contributed by atoms with van der Waals surface area (Å²) in [4.78, 5) is 14.5. The second-order valence-electron chi connectivity index (χ2n) is 6.35. The number of amides is 1. The van der Waals surface area contributed by atoms with Crippen LogP contribution in [-0.2, 0) is 0 Å². The Balaban J connectivity index is 1.73. The summed E-state index contributed by atoms with van der Waals surface area (Å²) in [6, 6.07) is 13.6. The lowest BCUT2D eigenvalue weighted by molar-refractivity contribution is 0.0942. The number of fused-ring (bicyclic) bond motifs is 1. The molecule has 0 saturated heterocycles. The molecule has 3 aromatic rings. The first-order valence-electron chi connectivity index (χ1n) is 8.14. The van der Waals surface area contributed by atoms with E-state index in [2.05, 4.69) is 5.32 Å². The van der Waals surface area contributed by atoms with Crippen LogP contribution in [0.3, 0.4) is 0 Å². The molecular weight excluding hydrogens is 319 g/mol. The van der Waals surface area contributed by atoms with Crippen LogP contribution < -0.4 is 5.32 Å². The number of hydrogen-bond donors (Lipinski definition) is 1. The van der Waals surface area contributed by atoms with Crippen molar-refractivity contribution < 1.29 is 13.6 Å². The predicted molar refractivity (Wildman–Crippen MR) is 96.1 cm³/mol. The molecule has 3 rings (SSSR count). The van der Waals surface area contributed by atoms with E-state index in [1.165, 1.54) is 12.1 Å². The highest BCUT2D eigenvalue weighted by Crippen LogP contribution is 2.21. The summed E-state index contributed by atoms with van der Waals surface area (Å²) < 4.78 is 18.7. The molecule has 2 aromatic carbocycles.